The molecule has 1 unspecified atom stereocenters. The molecule has 2 nitrogen and oxygen atoms in total. The first-order chi connectivity index (χ1) is 7.69. The molecule has 0 bridgehead atoms. The summed E-state index contributed by atoms with van der Waals surface area (Å²) in [6.45, 7) is 6.74. The summed E-state index contributed by atoms with van der Waals surface area (Å²) in [6, 6.07) is 10.6. The highest BCUT2D eigenvalue weighted by molar-refractivity contribution is 5.19. The van der Waals surface area contributed by atoms with E-state index in [-0.39, 0.29) is 12.6 Å². The van der Waals surface area contributed by atoms with Gasteiger partial charge < -0.3 is 10.4 Å². The van der Waals surface area contributed by atoms with E-state index in [2.05, 4.69) is 38.2 Å². The lowest BCUT2D eigenvalue weighted by atomic mass is 9.99. The third-order valence-electron chi connectivity index (χ3n) is 3.04. The van der Waals surface area contributed by atoms with Gasteiger partial charge in [-0.05, 0) is 17.9 Å². The highest BCUT2D eigenvalue weighted by Gasteiger charge is 2.17. The Balaban J connectivity index is 2.68. The fourth-order valence-electron chi connectivity index (χ4n) is 1.98. The van der Waals surface area contributed by atoms with Gasteiger partial charge in [-0.3, -0.25) is 0 Å². The van der Waals surface area contributed by atoms with Crippen molar-refractivity contribution < 1.29 is 5.11 Å². The fourth-order valence-corrected chi connectivity index (χ4v) is 1.98. The van der Waals surface area contributed by atoms with Crippen LogP contribution in [-0.2, 0) is 0 Å². The van der Waals surface area contributed by atoms with Gasteiger partial charge in [0, 0.05) is 6.04 Å². The predicted octanol–water partition coefficient (Wildman–Crippen LogP) is 2.74. The van der Waals surface area contributed by atoms with Gasteiger partial charge in [-0.2, -0.15) is 0 Å². The second-order valence-electron chi connectivity index (χ2n) is 4.57. The molecule has 0 heterocycles. The molecule has 0 spiro atoms. The number of aliphatic hydroxyl groups is 1. The first kappa shape index (κ1) is 13.2. The minimum Gasteiger partial charge on any atom is -0.394 e. The summed E-state index contributed by atoms with van der Waals surface area (Å²) in [5, 5.41) is 13.0. The Kier molecular flexibility index (Phi) is 5.50. The number of benzene rings is 1. The molecule has 16 heavy (non-hydrogen) atoms. The molecule has 1 aromatic carbocycles. The molecule has 0 aliphatic rings. The molecular weight excluding hydrogens is 198 g/mol. The van der Waals surface area contributed by atoms with Crippen molar-refractivity contribution in [2.75, 3.05) is 6.61 Å². The van der Waals surface area contributed by atoms with Crippen molar-refractivity contribution in [3.63, 3.8) is 0 Å². The van der Waals surface area contributed by atoms with Gasteiger partial charge in [-0.15, -0.1) is 0 Å². The monoisotopic (exact) mass is 221 g/mol. The zero-order chi connectivity index (χ0) is 12.0. The minimum atomic E-state index is 0.0496. The lowest BCUT2D eigenvalue weighted by molar-refractivity contribution is 0.219. The van der Waals surface area contributed by atoms with Crippen molar-refractivity contribution in [3.05, 3.63) is 35.9 Å². The van der Waals surface area contributed by atoms with Crippen LogP contribution in [-0.4, -0.2) is 17.8 Å². The van der Waals surface area contributed by atoms with Crippen LogP contribution in [0.2, 0.25) is 0 Å². The van der Waals surface area contributed by atoms with Crippen LogP contribution >= 0.6 is 0 Å². The van der Waals surface area contributed by atoms with Crippen LogP contribution in [0.1, 0.15) is 38.8 Å². The van der Waals surface area contributed by atoms with Crippen LogP contribution in [0, 0.1) is 5.92 Å². The van der Waals surface area contributed by atoms with Crippen molar-refractivity contribution in [1.82, 2.24) is 5.32 Å². The number of aliphatic hydroxyl groups excluding tert-OH is 1. The van der Waals surface area contributed by atoms with Gasteiger partial charge in [0.05, 0.1) is 12.6 Å². The fraction of sp³-hybridized carbons (Fsp3) is 0.571. The molecule has 0 saturated carbocycles. The number of rotatable bonds is 6. The van der Waals surface area contributed by atoms with E-state index in [0.29, 0.717) is 12.0 Å². The molecule has 2 heteroatoms. The summed E-state index contributed by atoms with van der Waals surface area (Å²) < 4.78 is 0. The van der Waals surface area contributed by atoms with Crippen LogP contribution in [0.4, 0.5) is 0 Å². The Hall–Kier alpha value is -0.860. The Morgan fingerprint density at radius 3 is 2.25 bits per heavy atom. The standard InChI is InChI=1S/C14H23NO/c1-4-13(11(2)3)15-14(10-16)12-8-6-5-7-9-12/h5-9,11,13-16H,4,10H2,1-3H3/t13?,14-/m0/s1. The van der Waals surface area contributed by atoms with Gasteiger partial charge in [-0.1, -0.05) is 51.1 Å². The maximum Gasteiger partial charge on any atom is 0.0626 e. The third-order valence-corrected chi connectivity index (χ3v) is 3.04. The van der Waals surface area contributed by atoms with Gasteiger partial charge >= 0.3 is 0 Å². The summed E-state index contributed by atoms with van der Waals surface area (Å²) >= 11 is 0. The summed E-state index contributed by atoms with van der Waals surface area (Å²) in [4.78, 5) is 0. The van der Waals surface area contributed by atoms with Crippen LogP contribution < -0.4 is 5.32 Å². The summed E-state index contributed by atoms with van der Waals surface area (Å²) in [7, 11) is 0. The Labute approximate surface area is 98.7 Å². The highest BCUT2D eigenvalue weighted by atomic mass is 16.3. The third kappa shape index (κ3) is 3.62. The Morgan fingerprint density at radius 1 is 1.19 bits per heavy atom. The van der Waals surface area contributed by atoms with E-state index in [9.17, 15) is 5.11 Å². The molecule has 0 aliphatic carbocycles. The maximum atomic E-state index is 9.44. The van der Waals surface area contributed by atoms with Crippen LogP contribution in [0.15, 0.2) is 30.3 Å². The number of hydrogen-bond donors (Lipinski definition) is 2. The lowest BCUT2D eigenvalue weighted by Gasteiger charge is -2.26. The van der Waals surface area contributed by atoms with Gasteiger partial charge in [0.15, 0.2) is 0 Å². The molecule has 0 fully saturated rings. The van der Waals surface area contributed by atoms with Crippen molar-refractivity contribution in [2.45, 2.75) is 39.3 Å². The van der Waals surface area contributed by atoms with E-state index in [1.54, 1.807) is 0 Å². The minimum absolute atomic E-state index is 0.0496. The van der Waals surface area contributed by atoms with E-state index in [0.717, 1.165) is 12.0 Å². The van der Waals surface area contributed by atoms with Gasteiger partial charge in [0.2, 0.25) is 0 Å². The van der Waals surface area contributed by atoms with E-state index >= 15 is 0 Å². The van der Waals surface area contributed by atoms with Crippen molar-refractivity contribution in [2.24, 2.45) is 5.92 Å². The summed E-state index contributed by atoms with van der Waals surface area (Å²) in [5.41, 5.74) is 1.16. The molecule has 2 atom stereocenters. The van der Waals surface area contributed by atoms with Crippen LogP contribution in [0.3, 0.4) is 0 Å². The smallest absolute Gasteiger partial charge is 0.0626 e. The first-order valence-electron chi connectivity index (χ1n) is 6.10. The van der Waals surface area contributed by atoms with Crippen LogP contribution in [0.5, 0.6) is 0 Å². The average molecular weight is 221 g/mol. The normalized spacial score (nSPS) is 15.1. The van der Waals surface area contributed by atoms with Crippen LogP contribution in [0.25, 0.3) is 0 Å². The summed E-state index contributed by atoms with van der Waals surface area (Å²) in [6.07, 6.45) is 1.08. The predicted molar refractivity (Wildman–Crippen MR) is 68.3 cm³/mol. The molecule has 90 valence electrons. The van der Waals surface area contributed by atoms with Crippen molar-refractivity contribution >= 4 is 0 Å². The summed E-state index contributed by atoms with van der Waals surface area (Å²) in [5.74, 6) is 0.586. The number of nitrogens with one attached hydrogen (secondary N) is 1. The zero-order valence-electron chi connectivity index (χ0n) is 10.5. The SMILES string of the molecule is CCC(N[C@@H](CO)c1ccccc1)C(C)C. The van der Waals surface area contributed by atoms with Gasteiger partial charge in [0.1, 0.15) is 0 Å². The maximum absolute atomic E-state index is 9.44. The first-order valence-corrected chi connectivity index (χ1v) is 6.10. The molecule has 0 amide bonds. The van der Waals surface area contributed by atoms with Gasteiger partial charge in [-0.25, -0.2) is 0 Å². The Bertz CT molecular complexity index is 284. The molecule has 0 aliphatic heterocycles. The molecule has 2 N–H and O–H groups in total. The molecule has 1 aromatic rings. The Morgan fingerprint density at radius 2 is 1.81 bits per heavy atom. The van der Waals surface area contributed by atoms with E-state index < -0.39 is 0 Å². The van der Waals surface area contributed by atoms with Crippen molar-refractivity contribution in [3.8, 4) is 0 Å². The largest absolute Gasteiger partial charge is 0.394 e. The highest BCUT2D eigenvalue weighted by Crippen LogP contribution is 2.16. The molecule has 0 radical (unpaired) electrons. The quantitative estimate of drug-likeness (QED) is 0.774. The van der Waals surface area contributed by atoms with E-state index in [4.69, 9.17) is 0 Å². The van der Waals surface area contributed by atoms with Crippen molar-refractivity contribution in [1.29, 1.82) is 0 Å². The second-order valence-corrected chi connectivity index (χ2v) is 4.57. The molecule has 0 aromatic heterocycles. The number of hydrogen-bond acceptors (Lipinski definition) is 2. The van der Waals surface area contributed by atoms with Gasteiger partial charge in [0.25, 0.3) is 0 Å². The topological polar surface area (TPSA) is 32.3 Å². The molecular formula is C14H23NO. The zero-order valence-corrected chi connectivity index (χ0v) is 10.5. The molecule has 0 saturated heterocycles. The molecule has 1 rings (SSSR count). The second kappa shape index (κ2) is 6.66. The van der Waals surface area contributed by atoms with E-state index in [1.807, 2.05) is 18.2 Å². The lowest BCUT2D eigenvalue weighted by Crippen LogP contribution is -2.37. The average Bonchev–Trinajstić information content (AvgIpc) is 2.31. The van der Waals surface area contributed by atoms with E-state index in [1.165, 1.54) is 0 Å².